The summed E-state index contributed by atoms with van der Waals surface area (Å²) < 4.78 is 16.4. The van der Waals surface area contributed by atoms with E-state index in [2.05, 4.69) is 31.6 Å². The number of benzene rings is 2. The van der Waals surface area contributed by atoms with Crippen molar-refractivity contribution in [3.05, 3.63) is 53.7 Å². The summed E-state index contributed by atoms with van der Waals surface area (Å²) in [6, 6.07) is 13.4. The van der Waals surface area contributed by atoms with Gasteiger partial charge in [0.05, 0.1) is 29.6 Å². The molecular weight excluding hydrogens is 406 g/mol. The SMILES string of the molecule is Clc1ccc2c(c1Nc1ccnc(Nc3ccccc3N3CCOCC3)n1)OCO2. The van der Waals surface area contributed by atoms with Gasteiger partial charge >= 0.3 is 0 Å². The zero-order valence-electron chi connectivity index (χ0n) is 16.1. The number of fused-ring (bicyclic) bond motifs is 1. The van der Waals surface area contributed by atoms with Crippen LogP contribution >= 0.6 is 11.6 Å². The number of hydrogen-bond acceptors (Lipinski definition) is 8. The average molecular weight is 426 g/mol. The van der Waals surface area contributed by atoms with Gasteiger partial charge in [-0.1, -0.05) is 23.7 Å². The Bertz CT molecular complexity index is 1060. The molecule has 0 amide bonds. The van der Waals surface area contributed by atoms with Gasteiger partial charge in [-0.05, 0) is 30.3 Å². The first-order chi connectivity index (χ1) is 14.8. The summed E-state index contributed by atoms with van der Waals surface area (Å²) in [4.78, 5) is 11.2. The van der Waals surface area contributed by atoms with Crippen molar-refractivity contribution in [2.75, 3.05) is 48.6 Å². The molecule has 0 unspecified atom stereocenters. The van der Waals surface area contributed by atoms with Gasteiger partial charge in [-0.15, -0.1) is 0 Å². The fourth-order valence-electron chi connectivity index (χ4n) is 3.46. The summed E-state index contributed by atoms with van der Waals surface area (Å²) in [6.45, 7) is 3.30. The lowest BCUT2D eigenvalue weighted by atomic mass is 10.2. The zero-order chi connectivity index (χ0) is 20.3. The van der Waals surface area contributed by atoms with E-state index < -0.39 is 0 Å². The van der Waals surface area contributed by atoms with Gasteiger partial charge in [0.25, 0.3) is 0 Å². The summed E-state index contributed by atoms with van der Waals surface area (Å²) in [5.74, 6) is 2.28. The van der Waals surface area contributed by atoms with Gasteiger partial charge in [0.2, 0.25) is 12.7 Å². The first-order valence-corrected chi connectivity index (χ1v) is 10.0. The number of morpholine rings is 1. The highest BCUT2D eigenvalue weighted by Crippen LogP contribution is 2.44. The van der Waals surface area contributed by atoms with Gasteiger partial charge in [-0.3, -0.25) is 0 Å². The van der Waals surface area contributed by atoms with Crippen molar-refractivity contribution in [2.45, 2.75) is 0 Å². The third-order valence-electron chi connectivity index (χ3n) is 4.90. The molecule has 2 aliphatic heterocycles. The number of nitrogens with zero attached hydrogens (tertiary/aromatic N) is 3. The summed E-state index contributed by atoms with van der Waals surface area (Å²) in [5.41, 5.74) is 2.65. The normalized spacial score (nSPS) is 15.2. The molecule has 3 aromatic rings. The second kappa shape index (κ2) is 8.25. The van der Waals surface area contributed by atoms with E-state index in [-0.39, 0.29) is 6.79 Å². The van der Waals surface area contributed by atoms with Crippen LogP contribution in [0.5, 0.6) is 11.5 Å². The maximum Gasteiger partial charge on any atom is 0.231 e. The smallest absolute Gasteiger partial charge is 0.231 e. The number of aromatic nitrogens is 2. The van der Waals surface area contributed by atoms with Crippen molar-refractivity contribution >= 4 is 40.4 Å². The Kier molecular flexibility index (Phi) is 5.17. The first-order valence-electron chi connectivity index (χ1n) is 9.65. The number of ether oxygens (including phenoxy) is 3. The van der Waals surface area contributed by atoms with E-state index in [0.29, 0.717) is 34.0 Å². The third-order valence-corrected chi connectivity index (χ3v) is 5.21. The van der Waals surface area contributed by atoms with Crippen molar-refractivity contribution in [1.82, 2.24) is 9.97 Å². The predicted molar refractivity (Wildman–Crippen MR) is 116 cm³/mol. The van der Waals surface area contributed by atoms with Crippen LogP contribution in [-0.4, -0.2) is 43.1 Å². The van der Waals surface area contributed by atoms with Crippen molar-refractivity contribution in [1.29, 1.82) is 0 Å². The van der Waals surface area contributed by atoms with Crippen molar-refractivity contribution in [2.24, 2.45) is 0 Å². The highest BCUT2D eigenvalue weighted by atomic mass is 35.5. The van der Waals surface area contributed by atoms with Crippen LogP contribution in [0.15, 0.2) is 48.7 Å². The Morgan fingerprint density at radius 2 is 1.83 bits per heavy atom. The Morgan fingerprint density at radius 3 is 2.73 bits per heavy atom. The second-order valence-corrected chi connectivity index (χ2v) is 7.20. The quantitative estimate of drug-likeness (QED) is 0.630. The number of rotatable bonds is 5. The third kappa shape index (κ3) is 3.79. The van der Waals surface area contributed by atoms with Gasteiger partial charge < -0.3 is 29.7 Å². The number of hydrogen-bond donors (Lipinski definition) is 2. The van der Waals surface area contributed by atoms with E-state index >= 15 is 0 Å². The lowest BCUT2D eigenvalue weighted by Crippen LogP contribution is -2.36. The van der Waals surface area contributed by atoms with Crippen molar-refractivity contribution in [3.8, 4) is 11.5 Å². The molecule has 1 fully saturated rings. The van der Waals surface area contributed by atoms with Crippen LogP contribution in [0.1, 0.15) is 0 Å². The van der Waals surface area contributed by atoms with Crippen LogP contribution < -0.4 is 25.0 Å². The second-order valence-electron chi connectivity index (χ2n) is 6.79. The largest absolute Gasteiger partial charge is 0.454 e. The molecule has 2 N–H and O–H groups in total. The molecule has 1 saturated heterocycles. The maximum atomic E-state index is 6.36. The lowest BCUT2D eigenvalue weighted by Gasteiger charge is -2.30. The molecule has 0 atom stereocenters. The first kappa shape index (κ1) is 18.8. The predicted octanol–water partition coefficient (Wildman–Crippen LogP) is 4.18. The van der Waals surface area contributed by atoms with E-state index in [0.717, 1.165) is 37.7 Å². The highest BCUT2D eigenvalue weighted by molar-refractivity contribution is 6.33. The minimum atomic E-state index is 0.166. The minimum Gasteiger partial charge on any atom is -0.454 e. The van der Waals surface area contributed by atoms with Crippen molar-refractivity contribution < 1.29 is 14.2 Å². The van der Waals surface area contributed by atoms with Crippen LogP contribution in [0.2, 0.25) is 5.02 Å². The molecule has 154 valence electrons. The van der Waals surface area contributed by atoms with E-state index in [1.165, 1.54) is 0 Å². The van der Waals surface area contributed by atoms with Gasteiger partial charge in [0, 0.05) is 19.3 Å². The number of anilines is 5. The van der Waals surface area contributed by atoms with E-state index in [4.69, 9.17) is 25.8 Å². The van der Waals surface area contributed by atoms with E-state index in [1.807, 2.05) is 18.2 Å². The van der Waals surface area contributed by atoms with Crippen LogP contribution in [0, 0.1) is 0 Å². The molecule has 2 aromatic carbocycles. The highest BCUT2D eigenvalue weighted by Gasteiger charge is 2.21. The summed E-state index contributed by atoms with van der Waals surface area (Å²) in [5, 5.41) is 7.07. The molecule has 1 aromatic heterocycles. The summed E-state index contributed by atoms with van der Waals surface area (Å²) in [7, 11) is 0. The molecule has 0 bridgehead atoms. The molecule has 3 heterocycles. The van der Waals surface area contributed by atoms with Gasteiger partial charge in [0.1, 0.15) is 11.5 Å². The van der Waals surface area contributed by atoms with Crippen LogP contribution in [0.3, 0.4) is 0 Å². The fourth-order valence-corrected chi connectivity index (χ4v) is 3.66. The number of halogens is 1. The average Bonchev–Trinajstić information content (AvgIpc) is 3.26. The Morgan fingerprint density at radius 1 is 0.967 bits per heavy atom. The monoisotopic (exact) mass is 425 g/mol. The zero-order valence-corrected chi connectivity index (χ0v) is 16.9. The Balaban J connectivity index is 1.39. The summed E-state index contributed by atoms with van der Waals surface area (Å²) in [6.07, 6.45) is 1.68. The molecule has 9 heteroatoms. The van der Waals surface area contributed by atoms with Gasteiger partial charge in [-0.25, -0.2) is 4.98 Å². The Hall–Kier alpha value is -3.23. The number of nitrogens with one attached hydrogen (secondary N) is 2. The molecule has 0 aliphatic carbocycles. The minimum absolute atomic E-state index is 0.166. The fraction of sp³-hybridized carbons (Fsp3) is 0.238. The molecule has 0 radical (unpaired) electrons. The molecule has 30 heavy (non-hydrogen) atoms. The van der Waals surface area contributed by atoms with Crippen LogP contribution in [0.25, 0.3) is 0 Å². The topological polar surface area (TPSA) is 80.8 Å². The van der Waals surface area contributed by atoms with E-state index in [1.54, 1.807) is 24.4 Å². The molecule has 2 aliphatic rings. The van der Waals surface area contributed by atoms with Crippen LogP contribution in [0.4, 0.5) is 28.8 Å². The maximum absolute atomic E-state index is 6.36. The Labute approximate surface area is 178 Å². The van der Waals surface area contributed by atoms with Crippen molar-refractivity contribution in [3.63, 3.8) is 0 Å². The van der Waals surface area contributed by atoms with E-state index in [9.17, 15) is 0 Å². The van der Waals surface area contributed by atoms with Crippen LogP contribution in [-0.2, 0) is 4.74 Å². The molecule has 8 nitrogen and oxygen atoms in total. The molecule has 5 rings (SSSR count). The molecular formula is C21H20ClN5O3. The number of para-hydroxylation sites is 2. The van der Waals surface area contributed by atoms with Gasteiger partial charge in [0.15, 0.2) is 11.5 Å². The molecule has 0 saturated carbocycles. The lowest BCUT2D eigenvalue weighted by molar-refractivity contribution is 0.123. The standard InChI is InChI=1S/C21H20ClN5O3/c22-14-5-6-17-20(30-13-29-17)19(14)25-18-7-8-23-21(26-18)24-15-3-1-2-4-16(15)27-9-11-28-12-10-27/h1-8H,9-13H2,(H2,23,24,25,26). The van der Waals surface area contributed by atoms with Gasteiger partial charge in [-0.2, -0.15) is 4.98 Å². The summed E-state index contributed by atoms with van der Waals surface area (Å²) >= 11 is 6.36. The molecule has 0 spiro atoms.